The summed E-state index contributed by atoms with van der Waals surface area (Å²) in [5.74, 6) is 2.18. The molecule has 0 bridgehead atoms. The van der Waals surface area contributed by atoms with Crippen LogP contribution in [0, 0.1) is 0 Å². The van der Waals surface area contributed by atoms with E-state index in [0.29, 0.717) is 42.7 Å². The molecule has 0 aliphatic rings. The predicted molar refractivity (Wildman–Crippen MR) is 156 cm³/mol. The summed E-state index contributed by atoms with van der Waals surface area (Å²) in [6, 6.07) is 20.2. The van der Waals surface area contributed by atoms with Crippen molar-refractivity contribution in [2.24, 2.45) is 0 Å². The van der Waals surface area contributed by atoms with Gasteiger partial charge in [-0.25, -0.2) is 0 Å². The smallest absolute Gasteiger partial charge is 0.255 e. The highest BCUT2D eigenvalue weighted by Gasteiger charge is 2.21. The van der Waals surface area contributed by atoms with Crippen LogP contribution in [0.2, 0.25) is 0 Å². The van der Waals surface area contributed by atoms with Crippen molar-refractivity contribution in [2.75, 3.05) is 26.9 Å². The molecule has 1 amide bonds. The Morgan fingerprint density at radius 3 is 2.11 bits per heavy atom. The van der Waals surface area contributed by atoms with Gasteiger partial charge in [0.1, 0.15) is 17.2 Å². The Kier molecular flexibility index (Phi) is 11.5. The normalized spacial score (nSPS) is 10.9. The van der Waals surface area contributed by atoms with Crippen LogP contribution in [-0.2, 0) is 6.42 Å². The zero-order valence-corrected chi connectivity index (χ0v) is 23.6. The standard InChI is InChI=1S/C33H43NO4/c1-6-8-19-37-31-23-32(38-20-9-7-2)29(33(35)34-18-17-25-13-11-10-12-14-25)22-28(31)27-21-26(24(3)4)15-16-30(27)36-5/h10-16,21-24H,6-9,17-20H2,1-5H3,(H,34,35). The maximum Gasteiger partial charge on any atom is 0.255 e. The molecule has 204 valence electrons. The van der Waals surface area contributed by atoms with Gasteiger partial charge in [0, 0.05) is 23.7 Å². The van der Waals surface area contributed by atoms with E-state index in [0.717, 1.165) is 49.0 Å². The molecule has 5 heteroatoms. The summed E-state index contributed by atoms with van der Waals surface area (Å²) in [6.45, 7) is 10.3. The number of rotatable bonds is 15. The van der Waals surface area contributed by atoms with Crippen LogP contribution >= 0.6 is 0 Å². The summed E-state index contributed by atoms with van der Waals surface area (Å²) in [7, 11) is 1.67. The topological polar surface area (TPSA) is 56.8 Å². The third-order valence-electron chi connectivity index (χ3n) is 6.56. The van der Waals surface area contributed by atoms with Crippen molar-refractivity contribution in [3.63, 3.8) is 0 Å². The molecule has 0 heterocycles. The summed E-state index contributed by atoms with van der Waals surface area (Å²) >= 11 is 0. The van der Waals surface area contributed by atoms with Crippen LogP contribution in [0.1, 0.15) is 80.8 Å². The quantitative estimate of drug-likeness (QED) is 0.209. The Hall–Kier alpha value is -3.47. The SMILES string of the molecule is CCCCOc1cc(OCCCC)c(-c2cc(C(C)C)ccc2OC)cc1C(=O)NCCc1ccccc1. The second-order valence-corrected chi connectivity index (χ2v) is 9.85. The van der Waals surface area contributed by atoms with Gasteiger partial charge in [-0.1, -0.05) is 76.9 Å². The minimum absolute atomic E-state index is 0.159. The Balaban J connectivity index is 2.04. The number of unbranched alkanes of at least 4 members (excludes halogenated alkanes) is 2. The first-order valence-electron chi connectivity index (χ1n) is 13.9. The molecule has 5 nitrogen and oxygen atoms in total. The number of hydrogen-bond acceptors (Lipinski definition) is 4. The third kappa shape index (κ3) is 8.01. The average Bonchev–Trinajstić information content (AvgIpc) is 2.93. The molecule has 0 fully saturated rings. The fraction of sp³-hybridized carbons (Fsp3) is 0.424. The molecular formula is C33H43NO4. The Morgan fingerprint density at radius 1 is 0.816 bits per heavy atom. The number of methoxy groups -OCH3 is 1. The average molecular weight is 518 g/mol. The molecule has 0 radical (unpaired) electrons. The molecule has 0 spiro atoms. The molecule has 0 unspecified atom stereocenters. The number of benzene rings is 3. The molecule has 1 N–H and O–H groups in total. The van der Waals surface area contributed by atoms with Gasteiger partial charge in [-0.2, -0.15) is 0 Å². The molecule has 0 aliphatic carbocycles. The highest BCUT2D eigenvalue weighted by atomic mass is 16.5. The van der Waals surface area contributed by atoms with Crippen molar-refractivity contribution < 1.29 is 19.0 Å². The monoisotopic (exact) mass is 517 g/mol. The van der Waals surface area contributed by atoms with Gasteiger partial charge in [-0.15, -0.1) is 0 Å². The van der Waals surface area contributed by atoms with Crippen molar-refractivity contribution in [3.05, 3.63) is 77.4 Å². The zero-order valence-electron chi connectivity index (χ0n) is 23.6. The van der Waals surface area contributed by atoms with E-state index in [1.165, 1.54) is 11.1 Å². The second kappa shape index (κ2) is 15.1. The molecule has 3 aromatic carbocycles. The van der Waals surface area contributed by atoms with Crippen molar-refractivity contribution in [1.29, 1.82) is 0 Å². The van der Waals surface area contributed by atoms with E-state index in [2.05, 4.69) is 57.3 Å². The van der Waals surface area contributed by atoms with Crippen LogP contribution < -0.4 is 19.5 Å². The Labute approximate surface area is 228 Å². The van der Waals surface area contributed by atoms with Gasteiger partial charge in [0.2, 0.25) is 0 Å². The maximum atomic E-state index is 13.5. The van der Waals surface area contributed by atoms with E-state index in [-0.39, 0.29) is 5.91 Å². The lowest BCUT2D eigenvalue weighted by molar-refractivity contribution is 0.0950. The first kappa shape index (κ1) is 29.1. The fourth-order valence-corrected chi connectivity index (χ4v) is 4.20. The van der Waals surface area contributed by atoms with Crippen LogP contribution in [0.25, 0.3) is 11.1 Å². The predicted octanol–water partition coefficient (Wildman–Crippen LogP) is 7.82. The zero-order chi connectivity index (χ0) is 27.3. The minimum atomic E-state index is -0.159. The van der Waals surface area contributed by atoms with E-state index < -0.39 is 0 Å². The highest BCUT2D eigenvalue weighted by Crippen LogP contribution is 2.42. The molecular weight excluding hydrogens is 474 g/mol. The lowest BCUT2D eigenvalue weighted by Crippen LogP contribution is -2.26. The largest absolute Gasteiger partial charge is 0.496 e. The summed E-state index contributed by atoms with van der Waals surface area (Å²) < 4.78 is 18.2. The molecule has 0 saturated carbocycles. The lowest BCUT2D eigenvalue weighted by Gasteiger charge is -2.20. The fourth-order valence-electron chi connectivity index (χ4n) is 4.20. The van der Waals surface area contributed by atoms with Gasteiger partial charge < -0.3 is 19.5 Å². The van der Waals surface area contributed by atoms with Crippen molar-refractivity contribution >= 4 is 5.91 Å². The van der Waals surface area contributed by atoms with E-state index >= 15 is 0 Å². The number of hydrogen-bond donors (Lipinski definition) is 1. The number of amides is 1. The summed E-state index contributed by atoms with van der Waals surface area (Å²) in [5.41, 5.74) is 4.62. The van der Waals surface area contributed by atoms with E-state index in [1.54, 1.807) is 7.11 Å². The van der Waals surface area contributed by atoms with Crippen LogP contribution in [0.5, 0.6) is 17.2 Å². The summed E-state index contributed by atoms with van der Waals surface area (Å²) in [5, 5.41) is 3.10. The Morgan fingerprint density at radius 2 is 1.47 bits per heavy atom. The highest BCUT2D eigenvalue weighted by molar-refractivity contribution is 5.99. The maximum absolute atomic E-state index is 13.5. The lowest BCUT2D eigenvalue weighted by atomic mass is 9.94. The first-order chi connectivity index (χ1) is 18.5. The van der Waals surface area contributed by atoms with Crippen LogP contribution in [0.3, 0.4) is 0 Å². The van der Waals surface area contributed by atoms with Gasteiger partial charge in [0.25, 0.3) is 5.91 Å². The van der Waals surface area contributed by atoms with Crippen LogP contribution in [0.15, 0.2) is 60.7 Å². The van der Waals surface area contributed by atoms with Gasteiger partial charge in [-0.3, -0.25) is 4.79 Å². The number of nitrogens with one attached hydrogen (secondary N) is 1. The number of carbonyl (C=O) groups excluding carboxylic acids is 1. The van der Waals surface area contributed by atoms with Crippen molar-refractivity contribution in [1.82, 2.24) is 5.32 Å². The van der Waals surface area contributed by atoms with E-state index in [4.69, 9.17) is 14.2 Å². The van der Waals surface area contributed by atoms with Gasteiger partial charge >= 0.3 is 0 Å². The Bertz CT molecular complexity index is 1160. The molecule has 0 aliphatic heterocycles. The molecule has 3 aromatic rings. The molecule has 0 aromatic heterocycles. The third-order valence-corrected chi connectivity index (χ3v) is 6.56. The molecule has 0 atom stereocenters. The van der Waals surface area contributed by atoms with Gasteiger partial charge in [0.15, 0.2) is 0 Å². The number of ether oxygens (including phenoxy) is 3. The van der Waals surface area contributed by atoms with E-state index in [1.807, 2.05) is 36.4 Å². The second-order valence-electron chi connectivity index (χ2n) is 9.85. The van der Waals surface area contributed by atoms with Crippen LogP contribution in [0.4, 0.5) is 0 Å². The summed E-state index contributed by atoms with van der Waals surface area (Å²) in [6.07, 6.45) is 4.65. The molecule has 0 saturated heterocycles. The molecule has 3 rings (SSSR count). The van der Waals surface area contributed by atoms with Crippen molar-refractivity contribution in [3.8, 4) is 28.4 Å². The minimum Gasteiger partial charge on any atom is -0.496 e. The van der Waals surface area contributed by atoms with Gasteiger partial charge in [-0.05, 0) is 54.5 Å². The molecule has 38 heavy (non-hydrogen) atoms. The van der Waals surface area contributed by atoms with Crippen molar-refractivity contribution in [2.45, 2.75) is 65.7 Å². The van der Waals surface area contributed by atoms with Gasteiger partial charge in [0.05, 0.1) is 25.9 Å². The van der Waals surface area contributed by atoms with E-state index in [9.17, 15) is 4.79 Å². The summed E-state index contributed by atoms with van der Waals surface area (Å²) in [4.78, 5) is 13.5. The first-order valence-corrected chi connectivity index (χ1v) is 13.9. The van der Waals surface area contributed by atoms with Crippen LogP contribution in [-0.4, -0.2) is 32.8 Å². The number of carbonyl (C=O) groups is 1.